The van der Waals surface area contributed by atoms with Crippen molar-refractivity contribution in [3.8, 4) is 34.1 Å². The molecule has 3 aromatic carbocycles. The lowest BCUT2D eigenvalue weighted by atomic mass is 10.1. The molecule has 0 aliphatic rings. The average Bonchev–Trinajstić information content (AvgIpc) is 2.70. The van der Waals surface area contributed by atoms with Crippen molar-refractivity contribution in [2.75, 3.05) is 7.11 Å². The van der Waals surface area contributed by atoms with Crippen molar-refractivity contribution in [3.63, 3.8) is 0 Å². The fourth-order valence-electron chi connectivity index (χ4n) is 2.72. The van der Waals surface area contributed by atoms with Gasteiger partial charge in [0.15, 0.2) is 11.5 Å². The monoisotopic (exact) mass is 362 g/mol. The van der Waals surface area contributed by atoms with Gasteiger partial charge in [-0.1, -0.05) is 42.5 Å². The molecule has 0 aliphatic heterocycles. The number of hydrogen-bond acceptors (Lipinski definition) is 4. The van der Waals surface area contributed by atoms with Gasteiger partial charge in [-0.25, -0.2) is 0 Å². The molecule has 27 heavy (non-hydrogen) atoms. The van der Waals surface area contributed by atoms with Gasteiger partial charge in [-0.15, -0.1) is 0 Å². The molecule has 0 aromatic heterocycles. The maximum Gasteiger partial charge on any atom is 0.204 e. The second-order valence-electron chi connectivity index (χ2n) is 6.33. The minimum Gasteiger partial charge on any atom is -0.493 e. The molecule has 138 valence electrons. The van der Waals surface area contributed by atoms with Crippen molar-refractivity contribution in [1.82, 2.24) is 0 Å². The van der Waals surface area contributed by atoms with Crippen LogP contribution < -0.4 is 14.2 Å². The molecule has 0 bridgehead atoms. The summed E-state index contributed by atoms with van der Waals surface area (Å²) in [6.45, 7) is 3.84. The highest BCUT2D eigenvalue weighted by molar-refractivity contribution is 5.78. The molecule has 0 aliphatic carbocycles. The molecular weight excluding hydrogens is 340 g/mol. The molecule has 4 nitrogen and oxygen atoms in total. The molecule has 4 heteroatoms. The third-order valence-corrected chi connectivity index (χ3v) is 3.94. The molecule has 0 fully saturated rings. The van der Waals surface area contributed by atoms with E-state index in [1.54, 1.807) is 12.1 Å². The van der Waals surface area contributed by atoms with Crippen molar-refractivity contribution >= 4 is 6.29 Å². The van der Waals surface area contributed by atoms with Crippen molar-refractivity contribution in [2.24, 2.45) is 0 Å². The minimum atomic E-state index is -0.0659. The van der Waals surface area contributed by atoms with Crippen LogP contribution in [0.15, 0.2) is 66.7 Å². The lowest BCUT2D eigenvalue weighted by Gasteiger charge is -2.18. The number of aldehydes is 1. The molecule has 0 atom stereocenters. The fraction of sp³-hybridized carbons (Fsp3) is 0.174. The Kier molecular flexibility index (Phi) is 5.77. The Hall–Kier alpha value is -3.27. The highest BCUT2D eigenvalue weighted by Gasteiger charge is 2.17. The second-order valence-corrected chi connectivity index (χ2v) is 6.33. The van der Waals surface area contributed by atoms with E-state index in [4.69, 9.17) is 14.2 Å². The van der Waals surface area contributed by atoms with Gasteiger partial charge in [0.25, 0.3) is 0 Å². The molecule has 3 rings (SSSR count). The smallest absolute Gasteiger partial charge is 0.204 e. The van der Waals surface area contributed by atoms with Crippen LogP contribution in [0.2, 0.25) is 0 Å². The molecular formula is C23H22O4. The highest BCUT2D eigenvalue weighted by Crippen LogP contribution is 2.41. The summed E-state index contributed by atoms with van der Waals surface area (Å²) >= 11 is 0. The van der Waals surface area contributed by atoms with Gasteiger partial charge >= 0.3 is 0 Å². The zero-order chi connectivity index (χ0) is 19.2. The first-order chi connectivity index (χ1) is 13.1. The van der Waals surface area contributed by atoms with Gasteiger partial charge in [0.2, 0.25) is 5.75 Å². The van der Waals surface area contributed by atoms with Crippen molar-refractivity contribution in [1.29, 1.82) is 0 Å². The quantitative estimate of drug-likeness (QED) is 0.502. The topological polar surface area (TPSA) is 44.8 Å². The van der Waals surface area contributed by atoms with Crippen LogP contribution in [0.3, 0.4) is 0 Å². The molecule has 0 radical (unpaired) electrons. The highest BCUT2D eigenvalue weighted by atomic mass is 16.5. The lowest BCUT2D eigenvalue weighted by Crippen LogP contribution is -2.08. The maximum atomic E-state index is 11.3. The first-order valence-corrected chi connectivity index (χ1v) is 8.78. The van der Waals surface area contributed by atoms with Gasteiger partial charge in [0.05, 0.1) is 13.2 Å². The normalized spacial score (nSPS) is 10.5. The van der Waals surface area contributed by atoms with E-state index < -0.39 is 0 Å². The Morgan fingerprint density at radius 3 is 2.07 bits per heavy atom. The lowest BCUT2D eigenvalue weighted by molar-refractivity contribution is 0.112. The number of carbonyl (C=O) groups excluding carboxylic acids is 1. The van der Waals surface area contributed by atoms with Crippen LogP contribution in [0.5, 0.6) is 23.0 Å². The molecule has 0 saturated carbocycles. The Morgan fingerprint density at radius 2 is 1.48 bits per heavy atom. The van der Waals surface area contributed by atoms with Crippen LogP contribution in [-0.4, -0.2) is 19.5 Å². The molecule has 0 heterocycles. The first-order valence-electron chi connectivity index (χ1n) is 8.78. The summed E-state index contributed by atoms with van der Waals surface area (Å²) in [5, 5.41) is 0. The Bertz CT molecular complexity index is 900. The molecule has 0 unspecified atom stereocenters. The van der Waals surface area contributed by atoms with Crippen LogP contribution in [0.1, 0.15) is 24.2 Å². The number of rotatable bonds is 7. The maximum absolute atomic E-state index is 11.3. The number of carbonyl (C=O) groups is 1. The average molecular weight is 362 g/mol. The summed E-state index contributed by atoms with van der Waals surface area (Å²) in [6.07, 6.45) is 0.691. The van der Waals surface area contributed by atoms with Crippen molar-refractivity contribution < 1.29 is 19.0 Å². The van der Waals surface area contributed by atoms with E-state index in [1.807, 2.05) is 56.3 Å². The van der Waals surface area contributed by atoms with E-state index in [9.17, 15) is 4.79 Å². The Labute approximate surface area is 159 Å². The molecule has 0 N–H and O–H groups in total. The second kappa shape index (κ2) is 8.41. The molecule has 0 saturated heterocycles. The van der Waals surface area contributed by atoms with Gasteiger partial charge in [-0.3, -0.25) is 4.79 Å². The minimum absolute atomic E-state index is 0.0659. The number of hydrogen-bond donors (Lipinski definition) is 0. The predicted octanol–water partition coefficient (Wildman–Crippen LogP) is 5.75. The van der Waals surface area contributed by atoms with Crippen LogP contribution in [0, 0.1) is 0 Å². The third-order valence-electron chi connectivity index (χ3n) is 3.94. The number of ether oxygens (including phenoxy) is 3. The third kappa shape index (κ3) is 4.47. The standard InChI is InChI=1S/C23H22O4/c1-16(2)26-23-21(25-3)13-17(15-24)14-22(23)27-20-11-9-19(10-12-20)18-7-5-4-6-8-18/h4-16H,1-3H3. The van der Waals surface area contributed by atoms with Crippen LogP contribution in [0.4, 0.5) is 0 Å². The summed E-state index contributed by atoms with van der Waals surface area (Å²) in [5.74, 6) is 2.03. The van der Waals surface area contributed by atoms with Gasteiger partial charge < -0.3 is 14.2 Å². The van der Waals surface area contributed by atoms with E-state index in [1.165, 1.54) is 7.11 Å². The summed E-state index contributed by atoms with van der Waals surface area (Å²) in [4.78, 5) is 11.3. The van der Waals surface area contributed by atoms with Crippen LogP contribution in [-0.2, 0) is 0 Å². The Morgan fingerprint density at radius 1 is 0.852 bits per heavy atom. The van der Waals surface area contributed by atoms with E-state index >= 15 is 0 Å². The van der Waals surface area contributed by atoms with Gasteiger partial charge in [0, 0.05) is 5.56 Å². The largest absolute Gasteiger partial charge is 0.493 e. The first kappa shape index (κ1) is 18.5. The Balaban J connectivity index is 1.93. The van der Waals surface area contributed by atoms with Crippen molar-refractivity contribution in [2.45, 2.75) is 20.0 Å². The molecule has 3 aromatic rings. The molecule has 0 spiro atoms. The SMILES string of the molecule is COc1cc(C=O)cc(Oc2ccc(-c3ccccc3)cc2)c1OC(C)C. The van der Waals surface area contributed by atoms with Crippen LogP contribution >= 0.6 is 0 Å². The molecule has 0 amide bonds. The van der Waals surface area contributed by atoms with E-state index in [0.29, 0.717) is 28.6 Å². The zero-order valence-electron chi connectivity index (χ0n) is 15.6. The fourth-order valence-corrected chi connectivity index (χ4v) is 2.72. The summed E-state index contributed by atoms with van der Waals surface area (Å²) < 4.78 is 17.3. The summed E-state index contributed by atoms with van der Waals surface area (Å²) in [7, 11) is 1.54. The van der Waals surface area contributed by atoms with Gasteiger partial charge in [0.1, 0.15) is 12.0 Å². The number of benzene rings is 3. The predicted molar refractivity (Wildman–Crippen MR) is 106 cm³/mol. The van der Waals surface area contributed by atoms with Crippen molar-refractivity contribution in [3.05, 3.63) is 72.3 Å². The summed E-state index contributed by atoms with van der Waals surface area (Å²) in [6, 6.07) is 21.2. The number of methoxy groups -OCH3 is 1. The van der Waals surface area contributed by atoms with E-state index in [2.05, 4.69) is 12.1 Å². The van der Waals surface area contributed by atoms with Gasteiger partial charge in [-0.05, 0) is 49.2 Å². The summed E-state index contributed by atoms with van der Waals surface area (Å²) in [5.41, 5.74) is 2.69. The van der Waals surface area contributed by atoms with E-state index in [-0.39, 0.29) is 6.10 Å². The van der Waals surface area contributed by atoms with Gasteiger partial charge in [-0.2, -0.15) is 0 Å². The van der Waals surface area contributed by atoms with E-state index in [0.717, 1.165) is 17.4 Å². The zero-order valence-corrected chi connectivity index (χ0v) is 15.6. The van der Waals surface area contributed by atoms with Crippen LogP contribution in [0.25, 0.3) is 11.1 Å².